The maximum absolute atomic E-state index is 12.0. The summed E-state index contributed by atoms with van der Waals surface area (Å²) in [6, 6.07) is 11.1. The summed E-state index contributed by atoms with van der Waals surface area (Å²) in [5.74, 6) is -0.372. The number of rotatable bonds is 7. The second-order valence-electron chi connectivity index (χ2n) is 4.61. The second kappa shape index (κ2) is 7.86. The van der Waals surface area contributed by atoms with E-state index in [9.17, 15) is 23.7 Å². The van der Waals surface area contributed by atoms with Gasteiger partial charge in [0.25, 0.3) is 5.69 Å². The average Bonchev–Trinajstić information content (AvgIpc) is 2.54. The van der Waals surface area contributed by atoms with Crippen molar-refractivity contribution in [2.24, 2.45) is 0 Å². The lowest BCUT2D eigenvalue weighted by molar-refractivity contribution is -0.384. The summed E-state index contributed by atoms with van der Waals surface area (Å²) in [5, 5.41) is 15.9. The molecular weight excluding hydrogens is 324 g/mol. The number of carbonyl (C=O) groups is 1. The van der Waals surface area contributed by atoms with E-state index < -0.39 is 11.5 Å². The Morgan fingerprint density at radius 2 is 1.67 bits per heavy atom. The van der Waals surface area contributed by atoms with E-state index in [1.54, 1.807) is 0 Å². The van der Waals surface area contributed by atoms with E-state index in [-0.39, 0.29) is 23.9 Å². The van der Waals surface area contributed by atoms with Gasteiger partial charge in [-0.3, -0.25) is 14.9 Å². The first-order chi connectivity index (χ1) is 11.4. The zero-order valence-corrected chi connectivity index (χ0v) is 12.2. The van der Waals surface area contributed by atoms with Crippen molar-refractivity contribution in [3.8, 4) is 5.75 Å². The predicted octanol–water partition coefficient (Wildman–Crippen LogP) is 3.25. The molecule has 0 bridgehead atoms. The number of halogens is 2. The van der Waals surface area contributed by atoms with Gasteiger partial charge in [-0.25, -0.2) is 0 Å². The van der Waals surface area contributed by atoms with Crippen LogP contribution in [0.2, 0.25) is 0 Å². The van der Waals surface area contributed by atoms with E-state index in [0.717, 1.165) is 0 Å². The maximum atomic E-state index is 12.0. The molecule has 0 saturated heterocycles. The monoisotopic (exact) mass is 337 g/mol. The number of nitro benzene ring substituents is 1. The van der Waals surface area contributed by atoms with Crippen LogP contribution in [-0.2, 0) is 4.79 Å². The molecule has 0 aromatic heterocycles. The van der Waals surface area contributed by atoms with Crippen LogP contribution in [0.5, 0.6) is 5.75 Å². The number of benzene rings is 2. The number of non-ortho nitro benzene ring substituents is 1. The molecule has 2 aromatic carbocycles. The summed E-state index contributed by atoms with van der Waals surface area (Å²) in [6.07, 6.45) is 0. The third-order valence-corrected chi connectivity index (χ3v) is 2.89. The third kappa shape index (κ3) is 5.20. The fourth-order valence-corrected chi connectivity index (χ4v) is 1.81. The average molecular weight is 337 g/mol. The number of ether oxygens (including phenoxy) is 1. The highest BCUT2D eigenvalue weighted by Crippen LogP contribution is 2.18. The lowest BCUT2D eigenvalue weighted by Gasteiger charge is -2.09. The van der Waals surface area contributed by atoms with Crippen LogP contribution in [0.4, 0.5) is 25.8 Å². The highest BCUT2D eigenvalue weighted by molar-refractivity contribution is 5.93. The van der Waals surface area contributed by atoms with Crippen molar-refractivity contribution in [1.29, 1.82) is 0 Å². The summed E-state index contributed by atoms with van der Waals surface area (Å²) < 4.78 is 28.2. The molecule has 0 aliphatic carbocycles. The first-order valence-corrected chi connectivity index (χ1v) is 6.77. The molecule has 0 saturated carbocycles. The fourth-order valence-electron chi connectivity index (χ4n) is 1.81. The second-order valence-corrected chi connectivity index (χ2v) is 4.61. The lowest BCUT2D eigenvalue weighted by atomic mass is 10.3. The smallest absolute Gasteiger partial charge is 0.387 e. The van der Waals surface area contributed by atoms with Crippen LogP contribution < -0.4 is 15.4 Å². The van der Waals surface area contributed by atoms with Crippen LogP contribution in [0.25, 0.3) is 0 Å². The first kappa shape index (κ1) is 17.1. The van der Waals surface area contributed by atoms with Crippen molar-refractivity contribution in [2.45, 2.75) is 6.61 Å². The topological polar surface area (TPSA) is 93.5 Å². The Kier molecular flexibility index (Phi) is 5.61. The number of nitrogens with zero attached hydrogens (tertiary/aromatic N) is 1. The largest absolute Gasteiger partial charge is 0.435 e. The summed E-state index contributed by atoms with van der Waals surface area (Å²) in [5.41, 5.74) is 0.930. The number of amides is 1. The van der Waals surface area contributed by atoms with E-state index in [2.05, 4.69) is 15.4 Å². The number of alkyl halides is 2. The molecule has 0 unspecified atom stereocenters. The summed E-state index contributed by atoms with van der Waals surface area (Å²) in [7, 11) is 0. The number of carbonyl (C=O) groups excluding carboxylic acids is 1. The number of hydrogen-bond donors (Lipinski definition) is 2. The van der Waals surface area contributed by atoms with Gasteiger partial charge in [-0.2, -0.15) is 8.78 Å². The van der Waals surface area contributed by atoms with Crippen molar-refractivity contribution in [3.05, 3.63) is 58.6 Å². The van der Waals surface area contributed by atoms with Crippen LogP contribution >= 0.6 is 0 Å². The minimum Gasteiger partial charge on any atom is -0.435 e. The summed E-state index contributed by atoms with van der Waals surface area (Å²) in [4.78, 5) is 21.8. The molecule has 126 valence electrons. The number of nitro groups is 1. The maximum Gasteiger partial charge on any atom is 0.387 e. The fraction of sp³-hybridized carbons (Fsp3) is 0.133. The van der Waals surface area contributed by atoms with Gasteiger partial charge in [0.1, 0.15) is 5.75 Å². The van der Waals surface area contributed by atoms with Gasteiger partial charge < -0.3 is 15.4 Å². The van der Waals surface area contributed by atoms with E-state index >= 15 is 0 Å². The third-order valence-electron chi connectivity index (χ3n) is 2.89. The van der Waals surface area contributed by atoms with Crippen LogP contribution in [0.15, 0.2) is 48.5 Å². The van der Waals surface area contributed by atoms with Crippen molar-refractivity contribution in [1.82, 2.24) is 0 Å². The Morgan fingerprint density at radius 1 is 1.08 bits per heavy atom. The van der Waals surface area contributed by atoms with Crippen LogP contribution in [0.1, 0.15) is 0 Å². The van der Waals surface area contributed by atoms with Crippen molar-refractivity contribution in [3.63, 3.8) is 0 Å². The molecule has 2 aromatic rings. The lowest BCUT2D eigenvalue weighted by Crippen LogP contribution is -2.21. The summed E-state index contributed by atoms with van der Waals surface area (Å²) >= 11 is 0. The van der Waals surface area contributed by atoms with E-state index in [1.807, 2.05) is 0 Å². The summed E-state index contributed by atoms with van der Waals surface area (Å²) in [6.45, 7) is -2.97. The van der Waals surface area contributed by atoms with Crippen molar-refractivity contribution < 1.29 is 23.2 Å². The minimum absolute atomic E-state index is 0.00740. The van der Waals surface area contributed by atoms with E-state index in [4.69, 9.17) is 0 Å². The van der Waals surface area contributed by atoms with Crippen molar-refractivity contribution >= 4 is 23.0 Å². The SMILES string of the molecule is O=C(CNc1ccc([N+](=O)[O-])cc1)Nc1ccc(OC(F)F)cc1. The van der Waals surface area contributed by atoms with Crippen molar-refractivity contribution in [2.75, 3.05) is 17.2 Å². The predicted molar refractivity (Wildman–Crippen MR) is 83.3 cm³/mol. The standard InChI is InChI=1S/C15H13F2N3O4/c16-15(17)24-13-7-3-11(4-8-13)19-14(21)9-18-10-1-5-12(6-2-10)20(22)23/h1-8,15,18H,9H2,(H,19,21). The van der Waals surface area contributed by atoms with Crippen LogP contribution in [0, 0.1) is 10.1 Å². The van der Waals surface area contributed by atoms with Gasteiger partial charge in [-0.1, -0.05) is 0 Å². The Bertz CT molecular complexity index is 706. The Balaban J connectivity index is 1.83. The molecule has 0 radical (unpaired) electrons. The molecule has 7 nitrogen and oxygen atoms in total. The molecule has 1 amide bonds. The van der Waals surface area contributed by atoms with Gasteiger partial charge in [-0.15, -0.1) is 0 Å². The Morgan fingerprint density at radius 3 is 2.21 bits per heavy atom. The highest BCUT2D eigenvalue weighted by Gasteiger charge is 2.07. The van der Waals surface area contributed by atoms with Gasteiger partial charge in [-0.05, 0) is 36.4 Å². The van der Waals surface area contributed by atoms with Gasteiger partial charge >= 0.3 is 6.61 Å². The van der Waals surface area contributed by atoms with E-state index in [0.29, 0.717) is 11.4 Å². The Labute approximate surface area is 135 Å². The van der Waals surface area contributed by atoms with Gasteiger partial charge in [0.05, 0.1) is 11.5 Å². The quantitative estimate of drug-likeness (QED) is 0.597. The molecular formula is C15H13F2N3O4. The molecule has 0 atom stereocenters. The number of anilines is 2. The molecule has 0 aliphatic heterocycles. The number of nitrogens with one attached hydrogen (secondary N) is 2. The first-order valence-electron chi connectivity index (χ1n) is 6.77. The van der Waals surface area contributed by atoms with Gasteiger partial charge in [0.15, 0.2) is 0 Å². The number of hydrogen-bond acceptors (Lipinski definition) is 5. The van der Waals surface area contributed by atoms with E-state index in [1.165, 1.54) is 48.5 Å². The zero-order valence-electron chi connectivity index (χ0n) is 12.2. The minimum atomic E-state index is -2.91. The highest BCUT2D eigenvalue weighted by atomic mass is 19.3. The zero-order chi connectivity index (χ0) is 17.5. The molecule has 0 spiro atoms. The van der Waals surface area contributed by atoms with Crippen LogP contribution in [0.3, 0.4) is 0 Å². The molecule has 0 aliphatic rings. The van der Waals surface area contributed by atoms with Gasteiger partial charge in [0, 0.05) is 23.5 Å². The van der Waals surface area contributed by atoms with Gasteiger partial charge in [0.2, 0.25) is 5.91 Å². The Hall–Kier alpha value is -3.23. The molecule has 2 N–H and O–H groups in total. The molecule has 0 heterocycles. The van der Waals surface area contributed by atoms with Crippen LogP contribution in [-0.4, -0.2) is 24.0 Å². The normalized spacial score (nSPS) is 10.3. The molecule has 9 heteroatoms. The molecule has 0 fully saturated rings. The molecule has 24 heavy (non-hydrogen) atoms. The molecule has 2 rings (SSSR count).